The number of aliphatic hydroxyl groups is 2. The Bertz CT molecular complexity index is 964. The van der Waals surface area contributed by atoms with E-state index in [2.05, 4.69) is 23.7 Å². The highest BCUT2D eigenvalue weighted by Gasteiger charge is 2.32. The number of nitrogens with zero attached hydrogens (tertiary/aromatic N) is 3. The fourth-order valence-electron chi connectivity index (χ4n) is 4.38. The van der Waals surface area contributed by atoms with E-state index < -0.39 is 30.0 Å². The number of amides is 1. The smallest absolute Gasteiger partial charge is 0.256 e. The number of pyridine rings is 1. The molecule has 3 rings (SSSR count). The number of hydrogen-bond donors (Lipinski definition) is 2. The van der Waals surface area contributed by atoms with Crippen LogP contribution in [0.15, 0.2) is 48.8 Å². The molecule has 0 bridgehead atoms. The normalized spacial score (nSPS) is 22.8. The van der Waals surface area contributed by atoms with Crippen LogP contribution in [0.2, 0.25) is 0 Å². The lowest BCUT2D eigenvalue weighted by Crippen LogP contribution is -2.50. The fourth-order valence-corrected chi connectivity index (χ4v) is 4.38. The van der Waals surface area contributed by atoms with Crippen LogP contribution >= 0.6 is 0 Å². The molecule has 1 saturated heterocycles. The van der Waals surface area contributed by atoms with E-state index in [1.807, 2.05) is 12.1 Å². The molecule has 0 radical (unpaired) electrons. The second kappa shape index (κ2) is 15.9. The van der Waals surface area contributed by atoms with E-state index in [4.69, 9.17) is 9.47 Å². The Balaban J connectivity index is 1.86. The first-order valence-corrected chi connectivity index (χ1v) is 13.6. The molecule has 0 saturated carbocycles. The van der Waals surface area contributed by atoms with Gasteiger partial charge in [-0.05, 0) is 61.6 Å². The van der Waals surface area contributed by atoms with Crippen LogP contribution in [0.3, 0.4) is 0 Å². The topological polar surface area (TPSA) is 95.4 Å². The van der Waals surface area contributed by atoms with Gasteiger partial charge in [0.25, 0.3) is 5.91 Å². The number of aromatic nitrogens is 1. The largest absolute Gasteiger partial charge is 0.388 e. The molecule has 8 nitrogen and oxygen atoms in total. The van der Waals surface area contributed by atoms with Crippen LogP contribution in [0, 0.1) is 11.7 Å². The average molecular weight is 532 g/mol. The van der Waals surface area contributed by atoms with Gasteiger partial charge >= 0.3 is 0 Å². The first-order valence-electron chi connectivity index (χ1n) is 13.6. The lowest BCUT2D eigenvalue weighted by molar-refractivity contribution is -0.116. The molecule has 2 N–H and O–H groups in total. The number of ether oxygens (including phenoxy) is 2. The minimum Gasteiger partial charge on any atom is -0.388 e. The standard InChI is InChI=1S/C29H42FN3O5/c1-22(2)11-18-38-27-20-33(29(36)24-7-3-4-8-25(24)30)16-15-32(19-23-9-12-31-13-10-23)14-5-6-17-37-21-26(34)28(27)35/h3-4,7-10,12-13,22,26-28,34-35H,5-6,11,14-21H2,1-2H3/t26-,27-,28-/m1/s1. The maximum atomic E-state index is 14.6. The fraction of sp³-hybridized carbons (Fsp3) is 0.586. The van der Waals surface area contributed by atoms with E-state index in [-0.39, 0.29) is 18.7 Å². The molecule has 1 aliphatic rings. The maximum absolute atomic E-state index is 14.6. The summed E-state index contributed by atoms with van der Waals surface area (Å²) < 4.78 is 26.3. The number of halogens is 1. The van der Waals surface area contributed by atoms with Crippen molar-refractivity contribution in [3.63, 3.8) is 0 Å². The summed E-state index contributed by atoms with van der Waals surface area (Å²) in [6.07, 6.45) is 2.63. The van der Waals surface area contributed by atoms with E-state index in [0.717, 1.165) is 31.4 Å². The first-order chi connectivity index (χ1) is 18.3. The van der Waals surface area contributed by atoms with Crippen molar-refractivity contribution in [1.82, 2.24) is 14.8 Å². The molecule has 210 valence electrons. The SMILES string of the molecule is CC(C)CCO[C@@H]1CN(C(=O)c2ccccc2F)CCN(Cc2ccncc2)CCCCOC[C@@H](O)[C@H]1O. The third-order valence-corrected chi connectivity index (χ3v) is 6.74. The first kappa shape index (κ1) is 30.1. The highest BCUT2D eigenvalue weighted by Crippen LogP contribution is 2.16. The van der Waals surface area contributed by atoms with Crippen molar-refractivity contribution in [3.8, 4) is 0 Å². The van der Waals surface area contributed by atoms with E-state index in [1.165, 1.54) is 17.0 Å². The van der Waals surface area contributed by atoms with Gasteiger partial charge in [0.1, 0.15) is 24.1 Å². The summed E-state index contributed by atoms with van der Waals surface area (Å²) >= 11 is 0. The third kappa shape index (κ3) is 9.71. The highest BCUT2D eigenvalue weighted by molar-refractivity contribution is 5.94. The number of carbonyl (C=O) groups excluding carboxylic acids is 1. The summed E-state index contributed by atoms with van der Waals surface area (Å²) in [6, 6.07) is 9.83. The molecule has 2 aromatic rings. The zero-order valence-electron chi connectivity index (χ0n) is 22.5. The van der Waals surface area contributed by atoms with Gasteiger partial charge < -0.3 is 24.6 Å². The van der Waals surface area contributed by atoms with Gasteiger partial charge in [0, 0.05) is 51.8 Å². The molecule has 1 amide bonds. The van der Waals surface area contributed by atoms with Gasteiger partial charge in [0.2, 0.25) is 0 Å². The molecule has 3 atom stereocenters. The van der Waals surface area contributed by atoms with E-state index in [0.29, 0.717) is 38.8 Å². The van der Waals surface area contributed by atoms with Gasteiger partial charge in [-0.2, -0.15) is 0 Å². The predicted octanol–water partition coefficient (Wildman–Crippen LogP) is 3.13. The Hall–Kier alpha value is -2.43. The quantitative estimate of drug-likeness (QED) is 0.567. The van der Waals surface area contributed by atoms with Crippen molar-refractivity contribution in [2.24, 2.45) is 5.92 Å². The van der Waals surface area contributed by atoms with Gasteiger partial charge in [-0.1, -0.05) is 26.0 Å². The molecule has 9 heteroatoms. The van der Waals surface area contributed by atoms with Crippen LogP contribution in [-0.2, 0) is 16.0 Å². The summed E-state index contributed by atoms with van der Waals surface area (Å²) in [7, 11) is 0. The number of benzene rings is 1. The van der Waals surface area contributed by atoms with Crippen molar-refractivity contribution in [3.05, 3.63) is 65.7 Å². The predicted molar refractivity (Wildman–Crippen MR) is 143 cm³/mol. The van der Waals surface area contributed by atoms with Crippen molar-refractivity contribution in [1.29, 1.82) is 0 Å². The van der Waals surface area contributed by atoms with Gasteiger partial charge in [-0.15, -0.1) is 0 Å². The summed E-state index contributed by atoms with van der Waals surface area (Å²) in [6.45, 7) is 7.27. The molecule has 0 spiro atoms. The molecule has 38 heavy (non-hydrogen) atoms. The lowest BCUT2D eigenvalue weighted by atomic mass is 10.1. The number of hydrogen-bond acceptors (Lipinski definition) is 7. The highest BCUT2D eigenvalue weighted by atomic mass is 19.1. The van der Waals surface area contributed by atoms with Crippen LogP contribution in [0.1, 0.15) is 49.0 Å². The number of aliphatic hydroxyl groups excluding tert-OH is 2. The molecule has 1 aromatic carbocycles. The van der Waals surface area contributed by atoms with Crippen LogP contribution in [0.4, 0.5) is 4.39 Å². The van der Waals surface area contributed by atoms with Gasteiger partial charge in [-0.3, -0.25) is 14.7 Å². The summed E-state index contributed by atoms with van der Waals surface area (Å²) in [5.74, 6) is -0.692. The summed E-state index contributed by atoms with van der Waals surface area (Å²) in [4.78, 5) is 21.5. The van der Waals surface area contributed by atoms with Gasteiger partial charge in [0.15, 0.2) is 0 Å². The Morgan fingerprint density at radius 1 is 1.13 bits per heavy atom. The van der Waals surface area contributed by atoms with Crippen LogP contribution < -0.4 is 0 Å². The molecule has 0 unspecified atom stereocenters. The van der Waals surface area contributed by atoms with Crippen LogP contribution in [-0.4, -0.2) is 95.2 Å². The monoisotopic (exact) mass is 531 g/mol. The molecular formula is C29H42FN3O5. The zero-order chi connectivity index (χ0) is 27.3. The van der Waals surface area contributed by atoms with Crippen molar-refractivity contribution < 1.29 is 28.9 Å². The molecule has 2 heterocycles. The van der Waals surface area contributed by atoms with Crippen molar-refractivity contribution in [2.75, 3.05) is 46.0 Å². The third-order valence-electron chi connectivity index (χ3n) is 6.74. The average Bonchev–Trinajstić information content (AvgIpc) is 2.91. The second-order valence-electron chi connectivity index (χ2n) is 10.3. The molecule has 1 aliphatic heterocycles. The van der Waals surface area contributed by atoms with Gasteiger partial charge in [0.05, 0.1) is 12.2 Å². The Morgan fingerprint density at radius 3 is 2.63 bits per heavy atom. The zero-order valence-corrected chi connectivity index (χ0v) is 22.5. The maximum Gasteiger partial charge on any atom is 0.256 e. The van der Waals surface area contributed by atoms with E-state index in [9.17, 15) is 19.4 Å². The summed E-state index contributed by atoms with van der Waals surface area (Å²) in [5.41, 5.74) is 1.08. The Labute approximate surface area is 225 Å². The molecule has 1 aromatic heterocycles. The number of rotatable bonds is 7. The Kier molecular flexibility index (Phi) is 12.6. The van der Waals surface area contributed by atoms with Crippen molar-refractivity contribution in [2.45, 2.75) is 58.0 Å². The summed E-state index contributed by atoms with van der Waals surface area (Å²) in [5, 5.41) is 21.6. The van der Waals surface area contributed by atoms with Crippen LogP contribution in [0.25, 0.3) is 0 Å². The number of carbonyl (C=O) groups is 1. The molecule has 1 fully saturated rings. The lowest BCUT2D eigenvalue weighted by Gasteiger charge is -2.34. The van der Waals surface area contributed by atoms with Crippen LogP contribution in [0.5, 0.6) is 0 Å². The Morgan fingerprint density at radius 2 is 1.89 bits per heavy atom. The minimum atomic E-state index is -1.27. The molecule has 0 aliphatic carbocycles. The van der Waals surface area contributed by atoms with Crippen molar-refractivity contribution >= 4 is 5.91 Å². The second-order valence-corrected chi connectivity index (χ2v) is 10.3. The molecular weight excluding hydrogens is 489 g/mol. The van der Waals surface area contributed by atoms with Gasteiger partial charge in [-0.25, -0.2) is 4.39 Å². The van der Waals surface area contributed by atoms with E-state index in [1.54, 1.807) is 24.5 Å². The minimum absolute atomic E-state index is 0.00653. The van der Waals surface area contributed by atoms with E-state index >= 15 is 0 Å².